The van der Waals surface area contributed by atoms with Crippen molar-refractivity contribution < 1.29 is 28.3 Å². The van der Waals surface area contributed by atoms with Crippen LogP contribution < -0.4 is 10.6 Å². The molecule has 9 heteroatoms. The molecule has 2 aliphatic rings. The normalized spacial score (nSPS) is 24.8. The number of hydrogen-bond acceptors (Lipinski definition) is 7. The Bertz CT molecular complexity index is 935. The average Bonchev–Trinajstić information content (AvgIpc) is 3.39. The summed E-state index contributed by atoms with van der Waals surface area (Å²) in [5.41, 5.74) is 2.78. The standard InChI is InChI=1S/C22H27N3O6/c1-11(2)14-5-7-15(8-6-14)23-22(27)30-17-10-29-19-16(9-28-20(17)19)24-21(26)18-12(3)25-31-13(18)4/h5-8,11,16-17,19-20H,9-10H2,1-4H3,(H,23,27)(H,24,26). The van der Waals surface area contributed by atoms with Crippen molar-refractivity contribution in [3.05, 3.63) is 46.8 Å². The van der Waals surface area contributed by atoms with Crippen molar-refractivity contribution in [1.29, 1.82) is 0 Å². The third-order valence-corrected chi connectivity index (χ3v) is 5.67. The molecule has 1 aromatic heterocycles. The second kappa shape index (κ2) is 8.68. The molecular weight excluding hydrogens is 402 g/mol. The van der Waals surface area contributed by atoms with Gasteiger partial charge in [-0.2, -0.15) is 0 Å². The molecule has 3 heterocycles. The molecule has 2 fully saturated rings. The van der Waals surface area contributed by atoms with Crippen LogP contribution in [0.5, 0.6) is 0 Å². The largest absolute Gasteiger partial charge is 0.441 e. The minimum atomic E-state index is -0.571. The summed E-state index contributed by atoms with van der Waals surface area (Å²) in [6.07, 6.45) is -1.96. The first kappa shape index (κ1) is 21.3. The predicted octanol–water partition coefficient (Wildman–Crippen LogP) is 2.93. The Morgan fingerprint density at radius 3 is 2.45 bits per heavy atom. The lowest BCUT2D eigenvalue weighted by Gasteiger charge is -2.18. The zero-order valence-electron chi connectivity index (χ0n) is 18.0. The van der Waals surface area contributed by atoms with Gasteiger partial charge in [0.15, 0.2) is 6.10 Å². The molecule has 2 aliphatic heterocycles. The van der Waals surface area contributed by atoms with E-state index < -0.39 is 24.4 Å². The lowest BCUT2D eigenvalue weighted by atomic mass is 10.0. The average molecular weight is 429 g/mol. The highest BCUT2D eigenvalue weighted by molar-refractivity contribution is 5.96. The molecule has 0 bridgehead atoms. The molecule has 2 saturated heterocycles. The van der Waals surface area contributed by atoms with Gasteiger partial charge in [-0.05, 0) is 37.5 Å². The first-order valence-electron chi connectivity index (χ1n) is 10.4. The molecule has 4 unspecified atom stereocenters. The first-order chi connectivity index (χ1) is 14.8. The van der Waals surface area contributed by atoms with Crippen LogP contribution in [-0.4, -0.2) is 54.7 Å². The van der Waals surface area contributed by atoms with Crippen molar-refractivity contribution in [3.63, 3.8) is 0 Å². The number of amides is 2. The number of anilines is 1. The Morgan fingerprint density at radius 1 is 1.10 bits per heavy atom. The molecule has 2 aromatic rings. The molecule has 2 amide bonds. The van der Waals surface area contributed by atoms with Crippen LogP contribution in [0, 0.1) is 13.8 Å². The summed E-state index contributed by atoms with van der Waals surface area (Å²) in [5, 5.41) is 9.46. The molecule has 31 heavy (non-hydrogen) atoms. The second-order valence-electron chi connectivity index (χ2n) is 8.22. The number of nitrogens with one attached hydrogen (secondary N) is 2. The third kappa shape index (κ3) is 4.42. The SMILES string of the molecule is Cc1noc(C)c1C(=O)NC1COC2C(OC(=O)Nc3ccc(C(C)C)cc3)COC12. The minimum Gasteiger partial charge on any atom is -0.441 e. The van der Waals surface area contributed by atoms with Crippen LogP contribution in [0.3, 0.4) is 0 Å². The number of benzene rings is 1. The summed E-state index contributed by atoms with van der Waals surface area (Å²) in [6, 6.07) is 7.28. The van der Waals surface area contributed by atoms with E-state index in [0.717, 1.165) is 0 Å². The molecular formula is C22H27N3O6. The topological polar surface area (TPSA) is 112 Å². The number of fused-ring (bicyclic) bond motifs is 1. The van der Waals surface area contributed by atoms with Gasteiger partial charge in [-0.15, -0.1) is 0 Å². The van der Waals surface area contributed by atoms with Crippen LogP contribution in [-0.2, 0) is 14.2 Å². The molecule has 0 radical (unpaired) electrons. The van der Waals surface area contributed by atoms with E-state index in [9.17, 15) is 9.59 Å². The summed E-state index contributed by atoms with van der Waals surface area (Å²) in [5.74, 6) is 0.581. The van der Waals surface area contributed by atoms with Gasteiger partial charge in [0.2, 0.25) is 0 Å². The van der Waals surface area contributed by atoms with Crippen molar-refractivity contribution in [2.45, 2.75) is 58.0 Å². The van der Waals surface area contributed by atoms with Crippen LogP contribution >= 0.6 is 0 Å². The van der Waals surface area contributed by atoms with Crippen LogP contribution in [0.15, 0.2) is 28.8 Å². The number of ether oxygens (including phenoxy) is 3. The number of aryl methyl sites for hydroxylation is 2. The van der Waals surface area contributed by atoms with E-state index in [1.807, 2.05) is 24.3 Å². The molecule has 9 nitrogen and oxygen atoms in total. The van der Waals surface area contributed by atoms with Crippen LogP contribution in [0.1, 0.15) is 47.1 Å². The number of rotatable bonds is 5. The fourth-order valence-corrected chi connectivity index (χ4v) is 3.97. The van der Waals surface area contributed by atoms with Crippen LogP contribution in [0.4, 0.5) is 10.5 Å². The number of aromatic nitrogens is 1. The van der Waals surface area contributed by atoms with Gasteiger partial charge < -0.3 is 24.1 Å². The zero-order valence-corrected chi connectivity index (χ0v) is 18.0. The van der Waals surface area contributed by atoms with Crippen molar-refractivity contribution in [3.8, 4) is 0 Å². The molecule has 2 N–H and O–H groups in total. The smallest absolute Gasteiger partial charge is 0.412 e. The summed E-state index contributed by atoms with van der Waals surface area (Å²) in [6.45, 7) is 8.09. The Hall–Kier alpha value is -2.91. The van der Waals surface area contributed by atoms with E-state index in [1.165, 1.54) is 5.56 Å². The van der Waals surface area contributed by atoms with Gasteiger partial charge in [0.05, 0.1) is 24.9 Å². The summed E-state index contributed by atoms with van der Waals surface area (Å²) in [7, 11) is 0. The highest BCUT2D eigenvalue weighted by atomic mass is 16.6. The number of nitrogens with zero attached hydrogens (tertiary/aromatic N) is 1. The van der Waals surface area contributed by atoms with E-state index >= 15 is 0 Å². The summed E-state index contributed by atoms with van der Waals surface area (Å²) >= 11 is 0. The molecule has 1 aromatic carbocycles. The van der Waals surface area contributed by atoms with Gasteiger partial charge in [-0.25, -0.2) is 4.79 Å². The van der Waals surface area contributed by atoms with Crippen molar-refractivity contribution in [2.75, 3.05) is 18.5 Å². The highest BCUT2D eigenvalue weighted by Crippen LogP contribution is 2.29. The Kier molecular flexibility index (Phi) is 5.97. The summed E-state index contributed by atoms with van der Waals surface area (Å²) < 4.78 is 22.2. The van der Waals surface area contributed by atoms with E-state index in [0.29, 0.717) is 28.6 Å². The van der Waals surface area contributed by atoms with E-state index in [4.69, 9.17) is 18.7 Å². The first-order valence-corrected chi connectivity index (χ1v) is 10.4. The maximum atomic E-state index is 12.6. The predicted molar refractivity (Wildman–Crippen MR) is 111 cm³/mol. The van der Waals surface area contributed by atoms with E-state index in [2.05, 4.69) is 29.6 Å². The molecule has 0 spiro atoms. The Morgan fingerprint density at radius 2 is 1.81 bits per heavy atom. The van der Waals surface area contributed by atoms with Gasteiger partial charge in [0.25, 0.3) is 5.91 Å². The van der Waals surface area contributed by atoms with Crippen molar-refractivity contribution in [1.82, 2.24) is 10.5 Å². The van der Waals surface area contributed by atoms with Gasteiger partial charge in [0.1, 0.15) is 23.5 Å². The van der Waals surface area contributed by atoms with Gasteiger partial charge in [0, 0.05) is 5.69 Å². The fourth-order valence-electron chi connectivity index (χ4n) is 3.97. The monoisotopic (exact) mass is 429 g/mol. The van der Waals surface area contributed by atoms with Gasteiger partial charge >= 0.3 is 6.09 Å². The van der Waals surface area contributed by atoms with Gasteiger partial charge in [-0.1, -0.05) is 31.1 Å². The van der Waals surface area contributed by atoms with Gasteiger partial charge in [-0.3, -0.25) is 10.1 Å². The Labute approximate surface area is 180 Å². The molecule has 4 rings (SSSR count). The number of carbonyl (C=O) groups is 2. The minimum absolute atomic E-state index is 0.201. The Balaban J connectivity index is 1.31. The third-order valence-electron chi connectivity index (χ3n) is 5.67. The lowest BCUT2D eigenvalue weighted by molar-refractivity contribution is 0.00862. The highest BCUT2D eigenvalue weighted by Gasteiger charge is 2.50. The fraction of sp³-hybridized carbons (Fsp3) is 0.500. The lowest BCUT2D eigenvalue weighted by Crippen LogP contribution is -2.44. The molecule has 4 atom stereocenters. The number of hydrogen-bond donors (Lipinski definition) is 2. The van der Waals surface area contributed by atoms with Crippen molar-refractivity contribution >= 4 is 17.7 Å². The number of carbonyl (C=O) groups excluding carboxylic acids is 2. The summed E-state index contributed by atoms with van der Waals surface area (Å²) in [4.78, 5) is 24.9. The van der Waals surface area contributed by atoms with Crippen LogP contribution in [0.25, 0.3) is 0 Å². The van der Waals surface area contributed by atoms with Crippen LogP contribution in [0.2, 0.25) is 0 Å². The zero-order chi connectivity index (χ0) is 22.1. The van der Waals surface area contributed by atoms with Crippen molar-refractivity contribution in [2.24, 2.45) is 0 Å². The molecule has 0 aliphatic carbocycles. The maximum Gasteiger partial charge on any atom is 0.412 e. The molecule has 166 valence electrons. The van der Waals surface area contributed by atoms with E-state index in [-0.39, 0.29) is 25.2 Å². The molecule has 0 saturated carbocycles. The second-order valence-corrected chi connectivity index (χ2v) is 8.22. The quantitative estimate of drug-likeness (QED) is 0.751. The van der Waals surface area contributed by atoms with E-state index in [1.54, 1.807) is 13.8 Å². The maximum absolute atomic E-state index is 12.6.